The molecule has 0 N–H and O–H groups in total. The van der Waals surface area contributed by atoms with Gasteiger partial charge in [0.1, 0.15) is 12.9 Å². The zero-order valence-corrected chi connectivity index (χ0v) is 21.1. The molecule has 161 valence electrons. The number of para-hydroxylation sites is 1. The van der Waals surface area contributed by atoms with Crippen LogP contribution in [0.2, 0.25) is 13.1 Å². The summed E-state index contributed by atoms with van der Waals surface area (Å²) in [4.78, 5) is 0. The van der Waals surface area contributed by atoms with Crippen LogP contribution in [-0.4, -0.2) is 15.2 Å². The van der Waals surface area contributed by atoms with Gasteiger partial charge in [0, 0.05) is 11.5 Å². The summed E-state index contributed by atoms with van der Waals surface area (Å²) in [6, 6.07) is 16.3. The van der Waals surface area contributed by atoms with Crippen LogP contribution in [0.3, 0.4) is 0 Å². The molecule has 1 saturated carbocycles. The van der Waals surface area contributed by atoms with Crippen molar-refractivity contribution in [1.82, 2.24) is 0 Å². The van der Waals surface area contributed by atoms with Crippen molar-refractivity contribution in [3.05, 3.63) is 65.7 Å². The van der Waals surface area contributed by atoms with Crippen LogP contribution in [-0.2, 0) is 9.98 Å². The highest BCUT2D eigenvalue weighted by Crippen LogP contribution is 2.48. The Bertz CT molecular complexity index is 918. The lowest BCUT2D eigenvalue weighted by Gasteiger charge is -2.29. The van der Waals surface area contributed by atoms with Gasteiger partial charge < -0.3 is 8.99 Å². The topological polar surface area (TPSA) is 26.3 Å². The summed E-state index contributed by atoms with van der Waals surface area (Å²) in [6.07, 6.45) is 8.99. The Morgan fingerprint density at radius 2 is 1.63 bits per heavy atom. The molecule has 1 radical (unpaired) electrons. The molecule has 2 aromatic rings. The highest BCUT2D eigenvalue weighted by molar-refractivity contribution is 7.79. The summed E-state index contributed by atoms with van der Waals surface area (Å²) in [5.41, 5.74) is 2.54. The second-order valence-corrected chi connectivity index (χ2v) is 14.5. The molecule has 4 heteroatoms. The lowest BCUT2D eigenvalue weighted by molar-refractivity contribution is 0.523. The van der Waals surface area contributed by atoms with Gasteiger partial charge in [0.05, 0.1) is 5.30 Å². The van der Waals surface area contributed by atoms with Gasteiger partial charge in [0.15, 0.2) is 0 Å². The Kier molecular flexibility index (Phi) is 7.47. The van der Waals surface area contributed by atoms with Gasteiger partial charge in [0.25, 0.3) is 9.04 Å². The van der Waals surface area contributed by atoms with Crippen LogP contribution >= 0.6 is 7.14 Å². The highest BCUT2D eigenvalue weighted by Gasteiger charge is 2.33. The average Bonchev–Trinajstić information content (AvgIpc) is 2.72. The lowest BCUT2D eigenvalue weighted by atomic mass is 9.86. The molecule has 1 aliphatic rings. The van der Waals surface area contributed by atoms with Crippen molar-refractivity contribution < 1.29 is 8.99 Å². The van der Waals surface area contributed by atoms with Gasteiger partial charge in [-0.1, -0.05) is 81.3 Å². The monoisotopic (exact) mass is 439 g/mol. The summed E-state index contributed by atoms with van der Waals surface area (Å²) in [6.45, 7) is 10.9. The molecule has 30 heavy (non-hydrogen) atoms. The van der Waals surface area contributed by atoms with Gasteiger partial charge in [-0.25, -0.2) is 0 Å². The number of allylic oxidation sites excluding steroid dienone is 2. The zero-order valence-electron chi connectivity index (χ0n) is 19.2. The van der Waals surface area contributed by atoms with Gasteiger partial charge in [-0.15, -0.1) is 0 Å². The van der Waals surface area contributed by atoms with Crippen molar-refractivity contribution in [2.45, 2.75) is 71.4 Å². The molecular formula is C26H36O2PSi. The first-order valence-corrected chi connectivity index (χ1v) is 15.5. The first-order chi connectivity index (χ1) is 14.2. The van der Waals surface area contributed by atoms with E-state index in [1.807, 2.05) is 36.4 Å². The zero-order chi connectivity index (χ0) is 21.8. The summed E-state index contributed by atoms with van der Waals surface area (Å²) >= 11 is 0. The number of hydrogen-bond acceptors (Lipinski definition) is 2. The Morgan fingerprint density at radius 3 is 2.23 bits per heavy atom. The van der Waals surface area contributed by atoms with Crippen molar-refractivity contribution in [2.24, 2.45) is 0 Å². The van der Waals surface area contributed by atoms with Crippen molar-refractivity contribution in [3.8, 4) is 5.75 Å². The molecule has 0 aliphatic heterocycles. The Labute approximate surface area is 184 Å². The van der Waals surface area contributed by atoms with E-state index in [4.69, 9.17) is 4.43 Å². The summed E-state index contributed by atoms with van der Waals surface area (Å²) < 4.78 is 21.3. The van der Waals surface area contributed by atoms with Gasteiger partial charge in [0.2, 0.25) is 0 Å². The minimum absolute atomic E-state index is 0.0774. The first kappa shape index (κ1) is 23.1. The van der Waals surface area contributed by atoms with E-state index in [-0.39, 0.29) is 5.41 Å². The second kappa shape index (κ2) is 9.70. The fourth-order valence-electron chi connectivity index (χ4n) is 4.19. The lowest BCUT2D eigenvalue weighted by Crippen LogP contribution is -2.27. The summed E-state index contributed by atoms with van der Waals surface area (Å²) in [5.74, 6) is 0.859. The third kappa shape index (κ3) is 5.37. The number of rotatable bonds is 6. The van der Waals surface area contributed by atoms with E-state index >= 15 is 0 Å². The first-order valence-electron chi connectivity index (χ1n) is 11.2. The molecule has 0 bridgehead atoms. The van der Waals surface area contributed by atoms with Gasteiger partial charge in [-0.2, -0.15) is 0 Å². The fraction of sp³-hybridized carbons (Fsp3) is 0.462. The maximum absolute atomic E-state index is 14.8. The molecule has 2 nitrogen and oxygen atoms in total. The van der Waals surface area contributed by atoms with Crippen LogP contribution in [0.1, 0.15) is 58.4 Å². The molecule has 2 aromatic carbocycles. The molecule has 1 aliphatic carbocycles. The maximum Gasteiger partial charge on any atom is 0.274 e. The smallest absolute Gasteiger partial charge is 0.274 e. The quantitative estimate of drug-likeness (QED) is 0.280. The third-order valence-electron chi connectivity index (χ3n) is 5.80. The van der Waals surface area contributed by atoms with Crippen LogP contribution in [0.25, 0.3) is 0 Å². The van der Waals surface area contributed by atoms with Crippen molar-refractivity contribution in [2.75, 3.05) is 6.16 Å². The molecule has 0 spiro atoms. The molecule has 0 saturated heterocycles. The molecule has 1 fully saturated rings. The van der Waals surface area contributed by atoms with Crippen LogP contribution in [0.15, 0.2) is 60.2 Å². The van der Waals surface area contributed by atoms with Crippen molar-refractivity contribution >= 4 is 26.8 Å². The summed E-state index contributed by atoms with van der Waals surface area (Å²) in [5, 5.41) is 1.81. The third-order valence-corrected chi connectivity index (χ3v) is 9.38. The largest absolute Gasteiger partial charge is 0.542 e. The summed E-state index contributed by atoms with van der Waals surface area (Å²) in [7, 11) is -3.87. The molecule has 0 aromatic heterocycles. The molecule has 1 atom stereocenters. The minimum atomic E-state index is -2.87. The predicted molar refractivity (Wildman–Crippen MR) is 133 cm³/mol. The fourth-order valence-corrected chi connectivity index (χ4v) is 7.58. The molecule has 0 amide bonds. The van der Waals surface area contributed by atoms with Crippen LogP contribution in [0.5, 0.6) is 5.75 Å². The standard InChI is InChI=1S/C26H36O2PSi/c1-26(2,3)23-17-12-18-24(25(23)28-30(4)5)29(27,22-15-10-7-11-16-22)20-19-21-13-8-6-9-14-21/h7,10-12,15-19H,6,8-9,13-14,20H2,1-5H3. The molecule has 1 unspecified atom stereocenters. The SMILES string of the molecule is C[Si](C)Oc1c(C(C)(C)C)cccc1P(=O)(CC=C1CCCCC1)c1ccccc1. The number of hydrogen-bond donors (Lipinski definition) is 0. The van der Waals surface area contributed by atoms with E-state index in [2.05, 4.69) is 52.1 Å². The maximum atomic E-state index is 14.8. The molecule has 0 heterocycles. The van der Waals surface area contributed by atoms with Crippen molar-refractivity contribution in [1.29, 1.82) is 0 Å². The van der Waals surface area contributed by atoms with Crippen LogP contribution < -0.4 is 15.0 Å². The van der Waals surface area contributed by atoms with E-state index < -0.39 is 16.2 Å². The normalized spacial score (nSPS) is 16.9. The Balaban J connectivity index is 2.17. The van der Waals surface area contributed by atoms with E-state index in [0.717, 1.165) is 34.8 Å². The minimum Gasteiger partial charge on any atom is -0.542 e. The van der Waals surface area contributed by atoms with Crippen LogP contribution in [0.4, 0.5) is 0 Å². The highest BCUT2D eigenvalue weighted by atomic mass is 31.2. The van der Waals surface area contributed by atoms with Crippen molar-refractivity contribution in [3.63, 3.8) is 0 Å². The van der Waals surface area contributed by atoms with Crippen LogP contribution in [0, 0.1) is 0 Å². The molecular weight excluding hydrogens is 403 g/mol. The number of benzene rings is 2. The predicted octanol–water partition coefficient (Wildman–Crippen LogP) is 6.82. The van der Waals surface area contributed by atoms with Gasteiger partial charge in [-0.05, 0) is 55.8 Å². The Morgan fingerprint density at radius 1 is 0.967 bits per heavy atom. The van der Waals surface area contributed by atoms with E-state index in [0.29, 0.717) is 6.16 Å². The van der Waals surface area contributed by atoms with Gasteiger partial charge >= 0.3 is 0 Å². The Hall–Kier alpha value is -1.57. The van der Waals surface area contributed by atoms with E-state index in [1.165, 1.54) is 24.8 Å². The average molecular weight is 440 g/mol. The van der Waals surface area contributed by atoms with E-state index in [1.54, 1.807) is 0 Å². The van der Waals surface area contributed by atoms with E-state index in [9.17, 15) is 4.57 Å². The second-order valence-electron chi connectivity index (χ2n) is 9.59. The van der Waals surface area contributed by atoms with Gasteiger partial charge in [-0.3, -0.25) is 0 Å². The molecule has 3 rings (SSSR count).